The third kappa shape index (κ3) is 113. The second-order valence-corrected chi connectivity index (χ2v) is 41.3. The standard InChI is InChI=1S/4C16H36O7P2.C2H2O3.C2H4O2.2H2O.2O.2Ti/c4*1-3-5-7-9-11-13-15-21-24(17,18)23-25(19,20)22-16-14-12-10-8-6-4-2;3-1-2(4)5;3-1-2-4;;;;;;/h4*3-16H2,1-2H3,(H,17,18)(H,19,20);1H,(H,4,5);1-2H2;2*1H2;;;;/q;;;;;-2;;;;;2*+2/p-2. The van der Waals surface area contributed by atoms with Crippen molar-refractivity contribution in [1.29, 1.82) is 0 Å². The van der Waals surface area contributed by atoms with Crippen molar-refractivity contribution in [1.82, 2.24) is 0 Å². The molecule has 8 unspecified atom stereocenters. The van der Waals surface area contributed by atoms with Crippen LogP contribution in [0.4, 0.5) is 0 Å². The fraction of sp³-hybridized carbons (Fsp3) is 0.971. The van der Waals surface area contributed by atoms with Gasteiger partial charge in [-0.2, -0.15) is 17.2 Å². The van der Waals surface area contributed by atoms with E-state index < -0.39 is 106 Å². The Balaban J connectivity index is -0.000000323. The molecule has 0 aromatic carbocycles. The minimum absolute atomic E-state index is 0.0112. The molecule has 1 aliphatic rings. The number of aliphatic carboxylic acids is 1. The third-order valence-electron chi connectivity index (χ3n) is 15.5. The molecule has 0 radical (unpaired) electrons. The topological polar surface area (TPSA) is 557 Å². The number of aldehydes is 1. The zero-order valence-electron chi connectivity index (χ0n) is 70.2. The number of phosphoric acid groups is 8. The molecule has 1 heterocycles. The second-order valence-electron chi connectivity index (χ2n) is 26.6. The molecule has 1 saturated heterocycles. The quantitative estimate of drug-likeness (QED) is 0.00885. The minimum atomic E-state index is -4.58. The van der Waals surface area contributed by atoms with Gasteiger partial charge in [0.1, 0.15) is 0 Å². The summed E-state index contributed by atoms with van der Waals surface area (Å²) in [5.74, 6) is -1.43. The first kappa shape index (κ1) is 127. The molecule has 0 amide bonds. The molecule has 0 aliphatic carbocycles. The zero-order valence-corrected chi connectivity index (χ0v) is 80.5. The second kappa shape index (κ2) is 87.1. The molecular formula is C68H152O37P8Ti2. The Morgan fingerprint density at radius 2 is 0.391 bits per heavy atom. The third-order valence-corrected chi connectivity index (χ3v) is 27.5. The number of rotatable bonds is 73. The molecule has 47 heteroatoms. The Labute approximate surface area is 701 Å². The molecule has 8 atom stereocenters. The summed E-state index contributed by atoms with van der Waals surface area (Å²) >= 11 is -6.10. The van der Waals surface area contributed by atoms with E-state index in [-0.39, 0.29) is 59.1 Å². The molecule has 11 N–H and O–H groups in total. The van der Waals surface area contributed by atoms with Crippen molar-refractivity contribution in [2.75, 3.05) is 66.1 Å². The van der Waals surface area contributed by atoms with Gasteiger partial charge in [-0.25, -0.2) is 41.3 Å². The first-order valence-electron chi connectivity index (χ1n) is 41.2. The van der Waals surface area contributed by atoms with Crippen LogP contribution in [-0.4, -0.2) is 130 Å². The number of carbonyl (C=O) groups excluding carboxylic acids is 1. The van der Waals surface area contributed by atoms with Crippen LogP contribution in [-0.2, 0) is 150 Å². The van der Waals surface area contributed by atoms with E-state index in [1.54, 1.807) is 0 Å². The van der Waals surface area contributed by atoms with E-state index in [0.717, 1.165) is 205 Å². The van der Waals surface area contributed by atoms with Crippen LogP contribution in [0.5, 0.6) is 0 Å². The monoisotopic (exact) mass is 1900 g/mol. The van der Waals surface area contributed by atoms with E-state index in [1.807, 2.05) is 0 Å². The van der Waals surface area contributed by atoms with Crippen LogP contribution in [0.25, 0.3) is 0 Å². The molecule has 37 nitrogen and oxygen atoms in total. The fourth-order valence-corrected chi connectivity index (χ4v) is 19.0. The summed E-state index contributed by atoms with van der Waals surface area (Å²) in [6.45, 7) is 18.2. The Hall–Kier alpha value is 1.05. The van der Waals surface area contributed by atoms with Crippen LogP contribution in [0, 0.1) is 0 Å². The van der Waals surface area contributed by atoms with E-state index in [1.165, 1.54) is 51.4 Å². The number of unbranched alkanes of at least 4 members (excludes halogenated alkanes) is 40. The van der Waals surface area contributed by atoms with E-state index in [2.05, 4.69) is 79.3 Å². The molecule has 0 aromatic heterocycles. The predicted molar refractivity (Wildman–Crippen MR) is 429 cm³/mol. The Bertz CT molecular complexity index is 2210. The summed E-state index contributed by atoms with van der Waals surface area (Å²) in [6, 6.07) is 0. The van der Waals surface area contributed by atoms with E-state index in [0.29, 0.717) is 64.6 Å². The molecule has 0 spiro atoms. The maximum absolute atomic E-state index is 11.7. The van der Waals surface area contributed by atoms with Crippen LogP contribution in [0.3, 0.4) is 0 Å². The maximum atomic E-state index is 11.7. The predicted octanol–water partition coefficient (Wildman–Crippen LogP) is 21.7. The van der Waals surface area contributed by atoms with Crippen molar-refractivity contribution in [3.05, 3.63) is 0 Å². The van der Waals surface area contributed by atoms with Crippen LogP contribution in [0.15, 0.2) is 0 Å². The van der Waals surface area contributed by atoms with Gasteiger partial charge in [0.2, 0.25) is 6.29 Å². The molecule has 1 fully saturated rings. The van der Waals surface area contributed by atoms with Gasteiger partial charge in [0, 0.05) is 0 Å². The molecule has 115 heavy (non-hydrogen) atoms. The number of carbonyl (C=O) groups is 2. The van der Waals surface area contributed by atoms with Crippen molar-refractivity contribution in [3.63, 3.8) is 0 Å². The van der Waals surface area contributed by atoms with Gasteiger partial charge in [0.25, 0.3) is 0 Å². The van der Waals surface area contributed by atoms with E-state index in [9.17, 15) is 79.0 Å². The zero-order chi connectivity index (χ0) is 88.4. The first-order valence-corrected chi connectivity index (χ1v) is 57.2. The number of carboxylic acid groups (broad SMARTS) is 1. The van der Waals surface area contributed by atoms with Gasteiger partial charge >= 0.3 is 140 Å². The first-order chi connectivity index (χ1) is 54.2. The molecule has 1 rings (SSSR count). The normalized spacial score (nSPS) is 16.0. The number of phosphoric ester groups is 8. The van der Waals surface area contributed by atoms with Crippen molar-refractivity contribution < 1.29 is 202 Å². The van der Waals surface area contributed by atoms with Crippen molar-refractivity contribution in [2.24, 2.45) is 0 Å². The molecule has 0 saturated carbocycles. The molecular weight excluding hydrogens is 1750 g/mol. The van der Waals surface area contributed by atoms with Crippen LogP contribution in [0.2, 0.25) is 0 Å². The Kier molecular flexibility index (Phi) is 96.1. The number of carboxylic acids is 1. The summed E-state index contributed by atoms with van der Waals surface area (Å²) in [7, 11) is -36.7. The molecule has 1 aliphatic heterocycles. The SMILES string of the molecule is CCCCCCCCOP(=O)(O)OP(=O)(O)OCCCCCCCC.CCCCCCCCOP(=O)(O)OP(=O)(O)OCCCCCCCC.CCCCCCCCOP(=O)(O)OP(=O)(O)OCCCCCCCC.CCCCCCCCOP(=O)(O)OP(=O)(O)OCCCCCCCC.O=CC(=O)O.[O]=[Ti]([OH])[OH].[O]=[Ti]1[O]CC[O]1. The van der Waals surface area contributed by atoms with Gasteiger partial charge in [-0.05, 0) is 51.4 Å². The van der Waals surface area contributed by atoms with Crippen LogP contribution < -0.4 is 0 Å². The van der Waals surface area contributed by atoms with Gasteiger partial charge in [-0.15, -0.1) is 0 Å². The van der Waals surface area contributed by atoms with E-state index in [4.69, 9.17) is 61.6 Å². The van der Waals surface area contributed by atoms with Crippen molar-refractivity contribution in [2.45, 2.75) is 364 Å². The summed E-state index contributed by atoms with van der Waals surface area (Å²) in [4.78, 5) is 93.8. The van der Waals surface area contributed by atoms with Gasteiger partial charge in [0.05, 0.1) is 52.9 Å². The number of hydrogen-bond donors (Lipinski definition) is 11. The van der Waals surface area contributed by atoms with Gasteiger partial charge < -0.3 is 44.3 Å². The summed E-state index contributed by atoms with van der Waals surface area (Å²) < 4.78 is 191. The Morgan fingerprint density at radius 3 is 0.478 bits per heavy atom. The number of hydrogen-bond acceptors (Lipinski definition) is 26. The van der Waals surface area contributed by atoms with Crippen LogP contribution >= 0.6 is 62.6 Å². The van der Waals surface area contributed by atoms with Gasteiger partial charge in [-0.3, -0.25) is 41.0 Å². The summed E-state index contributed by atoms with van der Waals surface area (Å²) in [5, 5.41) is 7.35. The molecule has 0 bridgehead atoms. The fourth-order valence-electron chi connectivity index (χ4n) is 9.50. The average Bonchev–Trinajstić information content (AvgIpc) is 1.07. The van der Waals surface area contributed by atoms with Gasteiger partial charge in [-0.1, -0.05) is 312 Å². The summed E-state index contributed by atoms with van der Waals surface area (Å²) in [6.07, 6.45) is 47.6. The van der Waals surface area contributed by atoms with E-state index >= 15 is 0 Å². The molecule has 0 aromatic rings. The van der Waals surface area contributed by atoms with Crippen molar-refractivity contribution >= 4 is 74.8 Å². The Morgan fingerprint density at radius 1 is 0.287 bits per heavy atom. The average molecular weight is 1910 g/mol. The van der Waals surface area contributed by atoms with Gasteiger partial charge in [0.15, 0.2) is 0 Å². The molecule has 694 valence electrons. The summed E-state index contributed by atoms with van der Waals surface area (Å²) in [5.41, 5.74) is 0. The van der Waals surface area contributed by atoms with Crippen molar-refractivity contribution in [3.8, 4) is 0 Å². The van der Waals surface area contributed by atoms with Crippen LogP contribution in [0.1, 0.15) is 364 Å².